The monoisotopic (exact) mass is 271 g/mol. The van der Waals surface area contributed by atoms with Gasteiger partial charge in [-0.15, -0.1) is 0 Å². The number of ketones is 1. The fourth-order valence-corrected chi connectivity index (χ4v) is 2.03. The molecular weight excluding hydrogens is 254 g/mol. The summed E-state index contributed by atoms with van der Waals surface area (Å²) in [5.41, 5.74) is 0.821. The zero-order valence-corrected chi connectivity index (χ0v) is 11.7. The van der Waals surface area contributed by atoms with E-state index in [0.29, 0.717) is 17.0 Å². The maximum atomic E-state index is 11.8. The largest absolute Gasteiger partial charge is 0.495 e. The number of Topliss-reactive ketones (excluding diaryl/α,β-unsaturated/α-hetero) is 1. The summed E-state index contributed by atoms with van der Waals surface area (Å²) >= 11 is 0. The van der Waals surface area contributed by atoms with Crippen LogP contribution in [0.5, 0.6) is 5.75 Å². The van der Waals surface area contributed by atoms with Gasteiger partial charge in [-0.2, -0.15) is 0 Å². The lowest BCUT2D eigenvalue weighted by Gasteiger charge is -2.12. The number of hydrogen-bond acceptors (Lipinski definition) is 4. The van der Waals surface area contributed by atoms with Crippen molar-refractivity contribution in [1.29, 1.82) is 0 Å². The van der Waals surface area contributed by atoms with Gasteiger partial charge in [0.1, 0.15) is 5.75 Å². The van der Waals surface area contributed by atoms with Crippen molar-refractivity contribution in [2.75, 3.05) is 18.1 Å². The molecule has 5 nitrogen and oxygen atoms in total. The van der Waals surface area contributed by atoms with E-state index in [-0.39, 0.29) is 11.7 Å². The molecule has 0 radical (unpaired) electrons. The van der Waals surface area contributed by atoms with E-state index in [0.717, 1.165) is 6.26 Å². The van der Waals surface area contributed by atoms with E-state index in [2.05, 4.69) is 4.72 Å². The van der Waals surface area contributed by atoms with Gasteiger partial charge >= 0.3 is 0 Å². The highest BCUT2D eigenvalue weighted by Gasteiger charge is 2.14. The van der Waals surface area contributed by atoms with Crippen molar-refractivity contribution in [3.63, 3.8) is 0 Å². The molecule has 0 saturated carbocycles. The van der Waals surface area contributed by atoms with Crippen LogP contribution in [0.3, 0.4) is 0 Å². The lowest BCUT2D eigenvalue weighted by Crippen LogP contribution is -2.12. The molecule has 0 atom stereocenters. The summed E-state index contributed by atoms with van der Waals surface area (Å²) in [5.74, 6) is 0.189. The van der Waals surface area contributed by atoms with Crippen molar-refractivity contribution in [1.82, 2.24) is 0 Å². The third-order valence-corrected chi connectivity index (χ3v) is 2.90. The average molecular weight is 271 g/mol. The van der Waals surface area contributed by atoms with Gasteiger partial charge in [-0.25, -0.2) is 8.42 Å². The van der Waals surface area contributed by atoms with Crippen LogP contribution in [0.15, 0.2) is 18.2 Å². The predicted octanol–water partition coefficient (Wildman–Crippen LogP) is 1.91. The zero-order valence-electron chi connectivity index (χ0n) is 10.9. The molecule has 1 N–H and O–H groups in total. The second-order valence-corrected chi connectivity index (χ2v) is 6.06. The summed E-state index contributed by atoms with van der Waals surface area (Å²) < 4.78 is 29.7. The third-order valence-electron chi connectivity index (χ3n) is 2.31. The van der Waals surface area contributed by atoms with Crippen molar-refractivity contribution in [3.8, 4) is 5.75 Å². The maximum absolute atomic E-state index is 11.8. The van der Waals surface area contributed by atoms with Crippen LogP contribution in [-0.4, -0.2) is 27.6 Å². The summed E-state index contributed by atoms with van der Waals surface area (Å²) in [6.45, 7) is 3.61. The SMILES string of the molecule is COc1cc(C(=O)C(C)C)ccc1NS(C)(=O)=O. The first-order valence-electron chi connectivity index (χ1n) is 5.44. The smallest absolute Gasteiger partial charge is 0.229 e. The van der Waals surface area contributed by atoms with Crippen LogP contribution in [-0.2, 0) is 10.0 Å². The van der Waals surface area contributed by atoms with Crippen molar-refractivity contribution < 1.29 is 17.9 Å². The molecule has 1 aromatic rings. The molecule has 0 fully saturated rings. The molecule has 0 bridgehead atoms. The number of carbonyl (C=O) groups excluding carboxylic acids is 1. The Hall–Kier alpha value is -1.56. The maximum Gasteiger partial charge on any atom is 0.229 e. The van der Waals surface area contributed by atoms with Gasteiger partial charge in [0.2, 0.25) is 10.0 Å². The topological polar surface area (TPSA) is 72.5 Å². The summed E-state index contributed by atoms with van der Waals surface area (Å²) in [4.78, 5) is 11.8. The van der Waals surface area contributed by atoms with Crippen molar-refractivity contribution in [3.05, 3.63) is 23.8 Å². The zero-order chi connectivity index (χ0) is 13.9. The first kappa shape index (κ1) is 14.5. The number of hydrogen-bond donors (Lipinski definition) is 1. The Morgan fingerprint density at radius 1 is 1.33 bits per heavy atom. The van der Waals surface area contributed by atoms with E-state index >= 15 is 0 Å². The molecule has 100 valence electrons. The molecule has 0 amide bonds. The van der Waals surface area contributed by atoms with Crippen LogP contribution >= 0.6 is 0 Å². The summed E-state index contributed by atoms with van der Waals surface area (Å²) in [5, 5.41) is 0. The Morgan fingerprint density at radius 2 is 1.94 bits per heavy atom. The number of sulfonamides is 1. The molecule has 0 aromatic heterocycles. The molecular formula is C12H17NO4S. The van der Waals surface area contributed by atoms with E-state index in [1.54, 1.807) is 19.9 Å². The van der Waals surface area contributed by atoms with Crippen molar-refractivity contribution >= 4 is 21.5 Å². The first-order valence-corrected chi connectivity index (χ1v) is 7.34. The minimum atomic E-state index is -3.37. The summed E-state index contributed by atoms with van der Waals surface area (Å²) in [6.07, 6.45) is 1.06. The average Bonchev–Trinajstić information content (AvgIpc) is 2.26. The molecule has 1 aromatic carbocycles. The predicted molar refractivity (Wildman–Crippen MR) is 70.6 cm³/mol. The summed E-state index contributed by atoms with van der Waals surface area (Å²) in [6, 6.07) is 4.64. The van der Waals surface area contributed by atoms with Gasteiger partial charge in [-0.3, -0.25) is 9.52 Å². The minimum Gasteiger partial charge on any atom is -0.495 e. The van der Waals surface area contributed by atoms with Gasteiger partial charge < -0.3 is 4.74 Å². The Bertz CT molecular complexity index is 549. The Labute approximate surface area is 107 Å². The highest BCUT2D eigenvalue weighted by Crippen LogP contribution is 2.27. The number of benzene rings is 1. The van der Waals surface area contributed by atoms with Gasteiger partial charge in [-0.1, -0.05) is 13.8 Å². The fourth-order valence-electron chi connectivity index (χ4n) is 1.46. The number of anilines is 1. The fraction of sp³-hybridized carbons (Fsp3) is 0.417. The number of ether oxygens (including phenoxy) is 1. The van der Waals surface area contributed by atoms with Gasteiger partial charge in [-0.05, 0) is 18.2 Å². The first-order chi connectivity index (χ1) is 8.24. The number of rotatable bonds is 5. The van der Waals surface area contributed by atoms with Crippen LogP contribution in [0.25, 0.3) is 0 Å². The van der Waals surface area contributed by atoms with Crippen LogP contribution in [0.2, 0.25) is 0 Å². The van der Waals surface area contributed by atoms with Crippen LogP contribution < -0.4 is 9.46 Å². The molecule has 0 saturated heterocycles. The molecule has 0 aliphatic carbocycles. The molecule has 0 unspecified atom stereocenters. The Balaban J connectivity index is 3.15. The molecule has 6 heteroatoms. The number of carbonyl (C=O) groups is 1. The highest BCUT2D eigenvalue weighted by molar-refractivity contribution is 7.92. The highest BCUT2D eigenvalue weighted by atomic mass is 32.2. The van der Waals surface area contributed by atoms with Crippen LogP contribution in [0.1, 0.15) is 24.2 Å². The molecule has 1 rings (SSSR count). The second kappa shape index (κ2) is 5.39. The normalized spacial score (nSPS) is 11.4. The quantitative estimate of drug-likeness (QED) is 0.830. The standard InChI is InChI=1S/C12H17NO4S/c1-8(2)12(14)9-5-6-10(11(7-9)17-3)13-18(4,15)16/h5-8,13H,1-4H3. The molecule has 18 heavy (non-hydrogen) atoms. The van der Waals surface area contributed by atoms with Crippen LogP contribution in [0, 0.1) is 5.92 Å². The lowest BCUT2D eigenvalue weighted by molar-refractivity contribution is 0.0939. The van der Waals surface area contributed by atoms with E-state index < -0.39 is 10.0 Å². The third kappa shape index (κ3) is 3.73. The van der Waals surface area contributed by atoms with E-state index in [4.69, 9.17) is 4.74 Å². The van der Waals surface area contributed by atoms with Crippen molar-refractivity contribution in [2.45, 2.75) is 13.8 Å². The second-order valence-electron chi connectivity index (χ2n) is 4.31. The van der Waals surface area contributed by atoms with Gasteiger partial charge in [0, 0.05) is 11.5 Å². The minimum absolute atomic E-state index is 0.0146. The number of nitrogens with one attached hydrogen (secondary N) is 1. The van der Waals surface area contributed by atoms with E-state index in [1.165, 1.54) is 19.2 Å². The molecule has 0 heterocycles. The van der Waals surface area contributed by atoms with E-state index in [1.807, 2.05) is 0 Å². The molecule has 0 spiro atoms. The number of methoxy groups -OCH3 is 1. The molecule has 0 aliphatic heterocycles. The van der Waals surface area contributed by atoms with Gasteiger partial charge in [0.05, 0.1) is 19.1 Å². The Kier molecular flexibility index (Phi) is 4.34. The lowest BCUT2D eigenvalue weighted by atomic mass is 10.0. The Morgan fingerprint density at radius 3 is 2.39 bits per heavy atom. The van der Waals surface area contributed by atoms with Gasteiger partial charge in [0.15, 0.2) is 5.78 Å². The van der Waals surface area contributed by atoms with Crippen LogP contribution in [0.4, 0.5) is 5.69 Å². The summed E-state index contributed by atoms with van der Waals surface area (Å²) in [7, 11) is -1.95. The van der Waals surface area contributed by atoms with Gasteiger partial charge in [0.25, 0.3) is 0 Å². The molecule has 0 aliphatic rings. The van der Waals surface area contributed by atoms with E-state index in [9.17, 15) is 13.2 Å². The van der Waals surface area contributed by atoms with Crippen molar-refractivity contribution in [2.24, 2.45) is 5.92 Å².